The second-order valence-electron chi connectivity index (χ2n) is 3.98. The van der Waals surface area contributed by atoms with Crippen molar-refractivity contribution in [1.29, 1.82) is 0 Å². The third kappa shape index (κ3) is 4.08. The third-order valence-corrected chi connectivity index (χ3v) is 3.66. The zero-order chi connectivity index (χ0) is 14.5. The number of hydrogen-bond donors (Lipinski definition) is 1. The molecule has 0 saturated carbocycles. The van der Waals surface area contributed by atoms with Crippen molar-refractivity contribution in [2.75, 3.05) is 5.32 Å². The predicted octanol–water partition coefficient (Wildman–Crippen LogP) is 5.41. The first-order chi connectivity index (χ1) is 9.56. The maximum atomic E-state index is 13.3. The summed E-state index contributed by atoms with van der Waals surface area (Å²) in [7, 11) is 0. The number of anilines is 1. The van der Waals surface area contributed by atoms with Crippen LogP contribution in [0, 0.1) is 5.82 Å². The van der Waals surface area contributed by atoms with Crippen LogP contribution in [-0.2, 0) is 6.54 Å². The van der Waals surface area contributed by atoms with Gasteiger partial charge in [0.05, 0.1) is 5.02 Å². The van der Waals surface area contributed by atoms with Crippen LogP contribution in [0.3, 0.4) is 0 Å². The molecular weight excluding hydrogens is 307 g/mol. The van der Waals surface area contributed by atoms with E-state index >= 15 is 0 Å². The fraction of sp³-hybridized carbons (Fsp3) is 0.143. The average Bonchev–Trinajstić information content (AvgIpc) is 2.41. The van der Waals surface area contributed by atoms with Crippen molar-refractivity contribution in [3.8, 4) is 0 Å². The summed E-state index contributed by atoms with van der Waals surface area (Å²) in [4.78, 5) is 0.455. The van der Waals surface area contributed by atoms with E-state index in [-0.39, 0.29) is 5.02 Å². The van der Waals surface area contributed by atoms with Crippen LogP contribution in [0.2, 0.25) is 5.02 Å². The molecule has 0 fully saturated rings. The molecule has 0 aliphatic carbocycles. The van der Waals surface area contributed by atoms with Gasteiger partial charge in [-0.3, -0.25) is 0 Å². The van der Waals surface area contributed by atoms with Gasteiger partial charge in [0, 0.05) is 17.1 Å². The molecule has 6 heteroatoms. The molecular formula is C14H11ClF3NS. The fourth-order valence-corrected chi connectivity index (χ4v) is 2.39. The van der Waals surface area contributed by atoms with Crippen LogP contribution in [0.4, 0.5) is 18.9 Å². The first kappa shape index (κ1) is 15.1. The summed E-state index contributed by atoms with van der Waals surface area (Å²) in [6, 6.07) is 11.2. The van der Waals surface area contributed by atoms with Gasteiger partial charge in [0.25, 0.3) is 5.76 Å². The molecule has 20 heavy (non-hydrogen) atoms. The summed E-state index contributed by atoms with van der Waals surface area (Å²) < 4.78 is 38.2. The summed E-state index contributed by atoms with van der Waals surface area (Å²) in [5.74, 6) is -2.98. The van der Waals surface area contributed by atoms with Crippen molar-refractivity contribution >= 4 is 29.1 Å². The van der Waals surface area contributed by atoms with Gasteiger partial charge in [0.1, 0.15) is 5.82 Å². The highest BCUT2D eigenvalue weighted by molar-refractivity contribution is 7.99. The van der Waals surface area contributed by atoms with Gasteiger partial charge < -0.3 is 5.32 Å². The van der Waals surface area contributed by atoms with E-state index in [4.69, 9.17) is 11.6 Å². The smallest absolute Gasteiger partial charge is 0.288 e. The van der Waals surface area contributed by atoms with E-state index in [0.29, 0.717) is 34.5 Å². The summed E-state index contributed by atoms with van der Waals surface area (Å²) in [6.45, 7) is 0.328. The van der Waals surface area contributed by atoms with Crippen LogP contribution in [0.15, 0.2) is 47.4 Å². The van der Waals surface area contributed by atoms with Gasteiger partial charge in [-0.15, -0.1) is 0 Å². The molecule has 2 rings (SSSR count). The van der Waals surface area contributed by atoms with E-state index in [1.165, 1.54) is 12.1 Å². The molecule has 2 aromatic carbocycles. The van der Waals surface area contributed by atoms with Crippen LogP contribution < -0.4 is 5.32 Å². The lowest BCUT2D eigenvalue weighted by molar-refractivity contribution is 0.252. The van der Waals surface area contributed by atoms with Gasteiger partial charge >= 0.3 is 0 Å². The van der Waals surface area contributed by atoms with Crippen LogP contribution in [0.5, 0.6) is 0 Å². The lowest BCUT2D eigenvalue weighted by Crippen LogP contribution is -2.01. The minimum Gasteiger partial charge on any atom is -0.380 e. The van der Waals surface area contributed by atoms with Crippen LogP contribution >= 0.6 is 23.4 Å². The maximum absolute atomic E-state index is 13.3. The molecule has 0 radical (unpaired) electrons. The Morgan fingerprint density at radius 2 is 1.90 bits per heavy atom. The lowest BCUT2D eigenvalue weighted by atomic mass is 10.2. The SMILES string of the molecule is Fc1cc(CNc2ccccc2SC(F)F)ccc1Cl. The number of hydrogen-bond acceptors (Lipinski definition) is 2. The normalized spacial score (nSPS) is 10.8. The largest absolute Gasteiger partial charge is 0.380 e. The summed E-state index contributed by atoms with van der Waals surface area (Å²) in [5.41, 5.74) is 1.27. The summed E-state index contributed by atoms with van der Waals surface area (Å²) in [5, 5.41) is 3.08. The van der Waals surface area contributed by atoms with E-state index in [2.05, 4.69) is 5.32 Å². The van der Waals surface area contributed by atoms with Crippen molar-refractivity contribution in [3.05, 3.63) is 58.9 Å². The second kappa shape index (κ2) is 6.90. The van der Waals surface area contributed by atoms with Crippen LogP contribution in [0.1, 0.15) is 5.56 Å². The molecule has 0 unspecified atom stereocenters. The van der Waals surface area contributed by atoms with E-state index in [1.807, 2.05) is 0 Å². The Morgan fingerprint density at radius 1 is 1.15 bits per heavy atom. The van der Waals surface area contributed by atoms with Crippen LogP contribution in [0.25, 0.3) is 0 Å². The Morgan fingerprint density at radius 3 is 2.60 bits per heavy atom. The summed E-state index contributed by atoms with van der Waals surface area (Å²) in [6.07, 6.45) is 0. The van der Waals surface area contributed by atoms with Gasteiger partial charge in [0.2, 0.25) is 0 Å². The van der Waals surface area contributed by atoms with Gasteiger partial charge in [-0.25, -0.2) is 4.39 Å². The number of thioether (sulfide) groups is 1. The highest BCUT2D eigenvalue weighted by atomic mass is 35.5. The minimum absolute atomic E-state index is 0.0578. The van der Waals surface area contributed by atoms with Crippen LogP contribution in [-0.4, -0.2) is 5.76 Å². The number of nitrogens with one attached hydrogen (secondary N) is 1. The molecule has 0 aliphatic rings. The summed E-state index contributed by atoms with van der Waals surface area (Å²) >= 11 is 6.07. The van der Waals surface area contributed by atoms with Gasteiger partial charge in [-0.2, -0.15) is 8.78 Å². The number of benzene rings is 2. The first-order valence-corrected chi connectivity index (χ1v) is 7.03. The monoisotopic (exact) mass is 317 g/mol. The zero-order valence-corrected chi connectivity index (χ0v) is 11.8. The molecule has 0 amide bonds. The Hall–Kier alpha value is -1.33. The van der Waals surface area contributed by atoms with Crippen molar-refractivity contribution < 1.29 is 13.2 Å². The molecule has 0 saturated heterocycles. The molecule has 0 heterocycles. The lowest BCUT2D eigenvalue weighted by Gasteiger charge is -2.11. The van der Waals surface area contributed by atoms with E-state index in [1.54, 1.807) is 30.3 Å². The molecule has 106 valence electrons. The second-order valence-corrected chi connectivity index (χ2v) is 5.42. The zero-order valence-electron chi connectivity index (χ0n) is 10.2. The fourth-order valence-electron chi connectivity index (χ4n) is 1.66. The molecule has 0 bridgehead atoms. The molecule has 0 atom stereocenters. The molecule has 2 aromatic rings. The van der Waals surface area contributed by atoms with E-state index in [9.17, 15) is 13.2 Å². The van der Waals surface area contributed by atoms with Gasteiger partial charge in [-0.05, 0) is 29.8 Å². The van der Waals surface area contributed by atoms with Gasteiger partial charge in [0.15, 0.2) is 0 Å². The molecule has 0 aromatic heterocycles. The van der Waals surface area contributed by atoms with Crippen molar-refractivity contribution in [2.45, 2.75) is 17.2 Å². The quantitative estimate of drug-likeness (QED) is 0.740. The number of alkyl halides is 2. The number of rotatable bonds is 5. The number of halogens is 4. The van der Waals surface area contributed by atoms with E-state index < -0.39 is 11.6 Å². The van der Waals surface area contributed by atoms with Crippen molar-refractivity contribution in [2.24, 2.45) is 0 Å². The van der Waals surface area contributed by atoms with E-state index in [0.717, 1.165) is 0 Å². The standard InChI is InChI=1S/C14H11ClF3NS/c15-10-6-5-9(7-11(10)16)8-19-12-3-1-2-4-13(12)20-14(17)18/h1-7,14,19H,8H2. The highest BCUT2D eigenvalue weighted by Gasteiger charge is 2.09. The number of para-hydroxylation sites is 1. The molecule has 0 aliphatic heterocycles. The van der Waals surface area contributed by atoms with Crippen molar-refractivity contribution in [3.63, 3.8) is 0 Å². The Labute approximate surface area is 124 Å². The third-order valence-electron chi connectivity index (χ3n) is 2.57. The molecule has 1 N–H and O–H groups in total. The predicted molar refractivity (Wildman–Crippen MR) is 77.0 cm³/mol. The minimum atomic E-state index is -2.48. The Balaban J connectivity index is 2.08. The highest BCUT2D eigenvalue weighted by Crippen LogP contribution is 2.31. The Bertz CT molecular complexity index is 592. The Kier molecular flexibility index (Phi) is 5.20. The molecule has 1 nitrogen and oxygen atoms in total. The topological polar surface area (TPSA) is 12.0 Å². The maximum Gasteiger partial charge on any atom is 0.288 e. The molecule has 0 spiro atoms. The first-order valence-electron chi connectivity index (χ1n) is 5.78. The average molecular weight is 318 g/mol. The van der Waals surface area contributed by atoms with Gasteiger partial charge in [-0.1, -0.05) is 41.6 Å². The van der Waals surface area contributed by atoms with Crippen molar-refractivity contribution in [1.82, 2.24) is 0 Å².